The van der Waals surface area contributed by atoms with Crippen molar-refractivity contribution < 1.29 is 4.74 Å². The molecule has 1 aromatic rings. The molecule has 0 fully saturated rings. The SMILES string of the molecule is COc1ccc([Si](C)(C)C2=C(C(C)C)C=CC2)cc1. The molecule has 0 aromatic heterocycles. The molecular weight excluding hydrogens is 248 g/mol. The summed E-state index contributed by atoms with van der Waals surface area (Å²) in [6.07, 6.45) is 5.79. The van der Waals surface area contributed by atoms with Gasteiger partial charge in [0.2, 0.25) is 0 Å². The molecule has 1 aliphatic carbocycles. The van der Waals surface area contributed by atoms with Gasteiger partial charge in [-0.25, -0.2) is 0 Å². The fraction of sp³-hybridized carbons (Fsp3) is 0.412. The molecule has 0 spiro atoms. The van der Waals surface area contributed by atoms with Crippen LogP contribution in [0.4, 0.5) is 0 Å². The molecule has 0 unspecified atom stereocenters. The first kappa shape index (κ1) is 14.1. The standard InChI is InChI=1S/C17H24OSi/c1-13(2)16-7-6-8-17(16)19(4,5)15-11-9-14(18-3)10-12-15/h6-7,9-13H,8H2,1-5H3. The highest BCUT2D eigenvalue weighted by Crippen LogP contribution is 2.32. The number of allylic oxidation sites excluding steroid dienone is 4. The predicted molar refractivity (Wildman–Crippen MR) is 85.7 cm³/mol. The van der Waals surface area contributed by atoms with E-state index < -0.39 is 8.07 Å². The Morgan fingerprint density at radius 2 is 1.74 bits per heavy atom. The number of methoxy groups -OCH3 is 1. The van der Waals surface area contributed by atoms with Gasteiger partial charge in [0.15, 0.2) is 0 Å². The molecule has 0 atom stereocenters. The zero-order valence-electron chi connectivity index (χ0n) is 12.7. The third-order valence-electron chi connectivity index (χ3n) is 4.16. The second-order valence-electron chi connectivity index (χ2n) is 6.05. The van der Waals surface area contributed by atoms with Crippen LogP contribution in [0, 0.1) is 5.92 Å². The Hall–Kier alpha value is -1.28. The smallest absolute Gasteiger partial charge is 0.118 e. The lowest BCUT2D eigenvalue weighted by Crippen LogP contribution is -2.44. The molecule has 0 aliphatic heterocycles. The summed E-state index contributed by atoms with van der Waals surface area (Å²) in [4.78, 5) is 0. The van der Waals surface area contributed by atoms with Gasteiger partial charge in [0.25, 0.3) is 0 Å². The van der Waals surface area contributed by atoms with Gasteiger partial charge in [-0.2, -0.15) is 0 Å². The second-order valence-corrected chi connectivity index (χ2v) is 10.5. The van der Waals surface area contributed by atoms with Gasteiger partial charge in [0.05, 0.1) is 7.11 Å². The molecule has 0 saturated heterocycles. The number of rotatable bonds is 4. The topological polar surface area (TPSA) is 9.23 Å². The molecule has 2 heteroatoms. The normalized spacial score (nSPS) is 15.5. The maximum absolute atomic E-state index is 5.26. The van der Waals surface area contributed by atoms with E-state index in [1.165, 1.54) is 5.19 Å². The Bertz CT molecular complexity index is 507. The molecule has 0 saturated carbocycles. The predicted octanol–water partition coefficient (Wildman–Crippen LogP) is 4.06. The van der Waals surface area contributed by atoms with Crippen molar-refractivity contribution in [1.82, 2.24) is 0 Å². The highest BCUT2D eigenvalue weighted by molar-refractivity contribution is 6.95. The minimum Gasteiger partial charge on any atom is -0.497 e. The van der Waals surface area contributed by atoms with E-state index in [1.54, 1.807) is 17.9 Å². The molecular formula is C17H24OSi. The van der Waals surface area contributed by atoms with E-state index in [4.69, 9.17) is 4.74 Å². The molecule has 0 radical (unpaired) electrons. The zero-order chi connectivity index (χ0) is 14.0. The molecule has 0 amide bonds. The van der Waals surface area contributed by atoms with E-state index in [1.807, 2.05) is 0 Å². The molecule has 1 aliphatic rings. The van der Waals surface area contributed by atoms with Gasteiger partial charge < -0.3 is 4.74 Å². The summed E-state index contributed by atoms with van der Waals surface area (Å²) in [6.45, 7) is 9.51. The van der Waals surface area contributed by atoms with Crippen LogP contribution in [0.3, 0.4) is 0 Å². The van der Waals surface area contributed by atoms with E-state index >= 15 is 0 Å². The fourth-order valence-electron chi connectivity index (χ4n) is 2.86. The van der Waals surface area contributed by atoms with Crippen molar-refractivity contribution in [2.24, 2.45) is 5.92 Å². The Labute approximate surface area is 118 Å². The van der Waals surface area contributed by atoms with Crippen LogP contribution in [0.2, 0.25) is 13.1 Å². The Kier molecular flexibility index (Phi) is 4.00. The summed E-state index contributed by atoms with van der Waals surface area (Å²) < 4.78 is 5.26. The lowest BCUT2D eigenvalue weighted by Gasteiger charge is -2.28. The van der Waals surface area contributed by atoms with E-state index in [0.29, 0.717) is 5.92 Å². The lowest BCUT2D eigenvalue weighted by atomic mass is 10.1. The van der Waals surface area contributed by atoms with Gasteiger partial charge in [0, 0.05) is 0 Å². The van der Waals surface area contributed by atoms with Gasteiger partial charge in [-0.3, -0.25) is 0 Å². The van der Waals surface area contributed by atoms with E-state index in [9.17, 15) is 0 Å². The highest BCUT2D eigenvalue weighted by Gasteiger charge is 2.31. The van der Waals surface area contributed by atoms with E-state index in [2.05, 4.69) is 63.4 Å². The first-order chi connectivity index (χ1) is 8.96. The molecule has 0 bridgehead atoms. The maximum atomic E-state index is 5.26. The van der Waals surface area contributed by atoms with Crippen molar-refractivity contribution in [3.8, 4) is 5.75 Å². The summed E-state index contributed by atoms with van der Waals surface area (Å²) in [5.74, 6) is 1.56. The molecule has 2 rings (SSSR count). The molecule has 1 aromatic carbocycles. The van der Waals surface area contributed by atoms with Crippen LogP contribution in [0.1, 0.15) is 20.3 Å². The monoisotopic (exact) mass is 272 g/mol. The number of benzene rings is 1. The number of hydrogen-bond acceptors (Lipinski definition) is 1. The summed E-state index contributed by atoms with van der Waals surface area (Å²) >= 11 is 0. The van der Waals surface area contributed by atoms with Gasteiger partial charge in [-0.05, 0) is 30.0 Å². The van der Waals surface area contributed by atoms with Gasteiger partial charge in [-0.15, -0.1) is 0 Å². The average molecular weight is 272 g/mol. The third kappa shape index (κ3) is 2.69. The van der Waals surface area contributed by atoms with Crippen molar-refractivity contribution in [2.45, 2.75) is 33.4 Å². The van der Waals surface area contributed by atoms with Crippen LogP contribution in [0.5, 0.6) is 5.75 Å². The summed E-state index contributed by atoms with van der Waals surface area (Å²) in [5, 5.41) is 3.18. The second kappa shape index (κ2) is 5.38. The van der Waals surface area contributed by atoms with Gasteiger partial charge in [0.1, 0.15) is 13.8 Å². The Morgan fingerprint density at radius 1 is 1.11 bits per heavy atom. The average Bonchev–Trinajstić information content (AvgIpc) is 2.89. The molecule has 1 nitrogen and oxygen atoms in total. The highest BCUT2D eigenvalue weighted by atomic mass is 28.3. The summed E-state index contributed by atoms with van der Waals surface area (Å²) in [7, 11) is 0.174. The molecule has 0 N–H and O–H groups in total. The van der Waals surface area contributed by atoms with Gasteiger partial charge >= 0.3 is 0 Å². The molecule has 0 heterocycles. The van der Waals surface area contributed by atoms with Crippen molar-refractivity contribution in [3.63, 3.8) is 0 Å². The minimum absolute atomic E-state index is 0.624. The van der Waals surface area contributed by atoms with Crippen LogP contribution in [-0.2, 0) is 0 Å². The van der Waals surface area contributed by atoms with Crippen molar-refractivity contribution in [2.75, 3.05) is 7.11 Å². The summed E-state index contributed by atoms with van der Waals surface area (Å²) in [5.41, 5.74) is 1.56. The zero-order valence-corrected chi connectivity index (χ0v) is 13.7. The maximum Gasteiger partial charge on any atom is 0.118 e. The molecule has 19 heavy (non-hydrogen) atoms. The van der Waals surface area contributed by atoms with Crippen molar-refractivity contribution in [3.05, 3.63) is 47.2 Å². The molecule has 102 valence electrons. The Morgan fingerprint density at radius 3 is 2.26 bits per heavy atom. The van der Waals surface area contributed by atoms with E-state index in [-0.39, 0.29) is 0 Å². The first-order valence-corrected chi connectivity index (χ1v) is 10.0. The summed E-state index contributed by atoms with van der Waals surface area (Å²) in [6, 6.07) is 8.66. The number of hydrogen-bond donors (Lipinski definition) is 0. The fourth-order valence-corrected chi connectivity index (χ4v) is 5.93. The minimum atomic E-state index is -1.55. The van der Waals surface area contributed by atoms with Crippen LogP contribution in [0.25, 0.3) is 0 Å². The Balaban J connectivity index is 2.38. The van der Waals surface area contributed by atoms with Crippen LogP contribution >= 0.6 is 0 Å². The van der Waals surface area contributed by atoms with Crippen LogP contribution < -0.4 is 9.92 Å². The quantitative estimate of drug-likeness (QED) is 0.751. The van der Waals surface area contributed by atoms with E-state index in [0.717, 1.165) is 12.2 Å². The van der Waals surface area contributed by atoms with Crippen molar-refractivity contribution in [1.29, 1.82) is 0 Å². The number of ether oxygens (including phenoxy) is 1. The largest absolute Gasteiger partial charge is 0.497 e. The lowest BCUT2D eigenvalue weighted by molar-refractivity contribution is 0.415. The van der Waals surface area contributed by atoms with Crippen LogP contribution in [0.15, 0.2) is 47.2 Å². The van der Waals surface area contributed by atoms with Crippen LogP contribution in [-0.4, -0.2) is 15.2 Å². The van der Waals surface area contributed by atoms with Crippen molar-refractivity contribution >= 4 is 13.3 Å². The first-order valence-electron chi connectivity index (χ1n) is 7.01. The van der Waals surface area contributed by atoms with Gasteiger partial charge in [-0.1, -0.05) is 61.6 Å². The third-order valence-corrected chi connectivity index (χ3v) is 7.93.